The number of nitrogens with zero attached hydrogens (tertiary/aromatic N) is 1. The third-order valence-electron chi connectivity index (χ3n) is 2.53. The first-order valence-corrected chi connectivity index (χ1v) is 5.68. The van der Waals surface area contributed by atoms with E-state index in [9.17, 15) is 0 Å². The summed E-state index contributed by atoms with van der Waals surface area (Å²) in [5, 5.41) is 3.37. The van der Waals surface area contributed by atoms with Crippen molar-refractivity contribution in [1.29, 1.82) is 0 Å². The maximum atomic E-state index is 5.09. The van der Waals surface area contributed by atoms with Gasteiger partial charge in [0.1, 0.15) is 0 Å². The molecular formula is C11H26N2O2. The van der Waals surface area contributed by atoms with Gasteiger partial charge >= 0.3 is 0 Å². The second kappa shape index (κ2) is 10.4. The summed E-state index contributed by atoms with van der Waals surface area (Å²) in [5.41, 5.74) is 0. The van der Waals surface area contributed by atoms with E-state index in [-0.39, 0.29) is 0 Å². The number of hydrogen-bond acceptors (Lipinski definition) is 4. The van der Waals surface area contributed by atoms with Crippen molar-refractivity contribution < 1.29 is 9.47 Å². The Balaban J connectivity index is 3.58. The van der Waals surface area contributed by atoms with Crippen molar-refractivity contribution in [3.8, 4) is 0 Å². The van der Waals surface area contributed by atoms with E-state index < -0.39 is 0 Å². The van der Waals surface area contributed by atoms with Crippen LogP contribution in [0.15, 0.2) is 0 Å². The van der Waals surface area contributed by atoms with Gasteiger partial charge in [0.05, 0.1) is 13.2 Å². The van der Waals surface area contributed by atoms with E-state index in [1.807, 2.05) is 0 Å². The SMILES string of the molecule is CCN(CCOC)C(C)CNCCOC. The number of ether oxygens (including phenoxy) is 2. The molecule has 1 N–H and O–H groups in total. The minimum absolute atomic E-state index is 0.544. The average Bonchev–Trinajstić information content (AvgIpc) is 2.25. The lowest BCUT2D eigenvalue weighted by Gasteiger charge is -2.27. The van der Waals surface area contributed by atoms with Crippen LogP contribution in [0.5, 0.6) is 0 Å². The van der Waals surface area contributed by atoms with Crippen molar-refractivity contribution in [3.05, 3.63) is 0 Å². The Morgan fingerprint density at radius 3 is 2.40 bits per heavy atom. The number of likely N-dealkylation sites (N-methyl/N-ethyl adjacent to an activating group) is 1. The van der Waals surface area contributed by atoms with Gasteiger partial charge in [-0.25, -0.2) is 0 Å². The van der Waals surface area contributed by atoms with E-state index in [0.29, 0.717) is 6.04 Å². The molecular weight excluding hydrogens is 192 g/mol. The van der Waals surface area contributed by atoms with Crippen LogP contribution in [0.25, 0.3) is 0 Å². The van der Waals surface area contributed by atoms with Gasteiger partial charge in [-0.15, -0.1) is 0 Å². The third kappa shape index (κ3) is 7.73. The summed E-state index contributed by atoms with van der Waals surface area (Å²) in [5.74, 6) is 0. The first-order chi connectivity index (χ1) is 7.26. The number of nitrogens with one attached hydrogen (secondary N) is 1. The summed E-state index contributed by atoms with van der Waals surface area (Å²) >= 11 is 0. The van der Waals surface area contributed by atoms with E-state index in [0.717, 1.165) is 39.4 Å². The molecule has 92 valence electrons. The summed E-state index contributed by atoms with van der Waals surface area (Å²) in [6.45, 7) is 9.98. The molecule has 0 aliphatic heterocycles. The highest BCUT2D eigenvalue weighted by Crippen LogP contribution is 1.96. The van der Waals surface area contributed by atoms with Crippen LogP contribution in [0.4, 0.5) is 0 Å². The van der Waals surface area contributed by atoms with Crippen molar-refractivity contribution in [3.63, 3.8) is 0 Å². The second-order valence-corrected chi connectivity index (χ2v) is 3.67. The molecule has 4 nitrogen and oxygen atoms in total. The molecule has 1 unspecified atom stereocenters. The van der Waals surface area contributed by atoms with Gasteiger partial charge < -0.3 is 14.8 Å². The molecule has 0 fully saturated rings. The van der Waals surface area contributed by atoms with Crippen molar-refractivity contribution in [1.82, 2.24) is 10.2 Å². The van der Waals surface area contributed by atoms with Crippen LogP contribution in [0, 0.1) is 0 Å². The van der Waals surface area contributed by atoms with Gasteiger partial charge in [-0.05, 0) is 13.5 Å². The molecule has 0 saturated heterocycles. The van der Waals surface area contributed by atoms with Gasteiger partial charge in [-0.3, -0.25) is 4.90 Å². The summed E-state index contributed by atoms with van der Waals surface area (Å²) in [6, 6.07) is 0.544. The molecule has 0 aromatic rings. The van der Waals surface area contributed by atoms with Crippen LogP contribution in [0.3, 0.4) is 0 Å². The van der Waals surface area contributed by atoms with Gasteiger partial charge in [0, 0.05) is 39.9 Å². The second-order valence-electron chi connectivity index (χ2n) is 3.67. The normalized spacial score (nSPS) is 13.4. The highest BCUT2D eigenvalue weighted by molar-refractivity contribution is 4.68. The Bertz CT molecular complexity index is 134. The maximum Gasteiger partial charge on any atom is 0.0589 e. The molecule has 0 bridgehead atoms. The lowest BCUT2D eigenvalue weighted by molar-refractivity contribution is 0.126. The van der Waals surface area contributed by atoms with Crippen LogP contribution < -0.4 is 5.32 Å². The molecule has 0 heterocycles. The first-order valence-electron chi connectivity index (χ1n) is 5.68. The lowest BCUT2D eigenvalue weighted by Crippen LogP contribution is -2.42. The molecule has 1 atom stereocenters. The summed E-state index contributed by atoms with van der Waals surface area (Å²) in [6.07, 6.45) is 0. The zero-order chi connectivity index (χ0) is 11.5. The fourth-order valence-electron chi connectivity index (χ4n) is 1.51. The van der Waals surface area contributed by atoms with Gasteiger partial charge in [0.15, 0.2) is 0 Å². The van der Waals surface area contributed by atoms with Crippen molar-refractivity contribution >= 4 is 0 Å². The summed E-state index contributed by atoms with van der Waals surface area (Å²) in [7, 11) is 3.47. The Morgan fingerprint density at radius 2 is 1.87 bits per heavy atom. The summed E-state index contributed by atoms with van der Waals surface area (Å²) < 4.78 is 10.1. The quantitative estimate of drug-likeness (QED) is 0.544. The van der Waals surface area contributed by atoms with E-state index in [1.165, 1.54) is 0 Å². The van der Waals surface area contributed by atoms with Crippen LogP contribution in [-0.2, 0) is 9.47 Å². The molecule has 0 rings (SSSR count). The maximum absolute atomic E-state index is 5.09. The Kier molecular flexibility index (Phi) is 10.3. The minimum atomic E-state index is 0.544. The summed E-state index contributed by atoms with van der Waals surface area (Å²) in [4.78, 5) is 2.41. The lowest BCUT2D eigenvalue weighted by atomic mass is 10.2. The minimum Gasteiger partial charge on any atom is -0.383 e. The molecule has 0 aromatic heterocycles. The van der Waals surface area contributed by atoms with E-state index in [1.54, 1.807) is 14.2 Å². The highest BCUT2D eigenvalue weighted by atomic mass is 16.5. The molecule has 0 amide bonds. The van der Waals surface area contributed by atoms with E-state index in [4.69, 9.17) is 9.47 Å². The standard InChI is InChI=1S/C11H26N2O2/c1-5-13(7-9-15-4)11(2)10-12-6-8-14-3/h11-12H,5-10H2,1-4H3. The number of hydrogen-bond donors (Lipinski definition) is 1. The monoisotopic (exact) mass is 218 g/mol. The zero-order valence-corrected chi connectivity index (χ0v) is 10.6. The molecule has 0 aliphatic rings. The molecule has 15 heavy (non-hydrogen) atoms. The zero-order valence-electron chi connectivity index (χ0n) is 10.6. The Hall–Kier alpha value is -0.160. The topological polar surface area (TPSA) is 33.7 Å². The largest absolute Gasteiger partial charge is 0.383 e. The van der Waals surface area contributed by atoms with Crippen LogP contribution in [-0.4, -0.2) is 64.6 Å². The van der Waals surface area contributed by atoms with E-state index >= 15 is 0 Å². The molecule has 0 spiro atoms. The predicted molar refractivity (Wildman–Crippen MR) is 63.3 cm³/mol. The number of methoxy groups -OCH3 is 2. The van der Waals surface area contributed by atoms with E-state index in [2.05, 4.69) is 24.1 Å². The molecule has 0 radical (unpaired) electrons. The highest BCUT2D eigenvalue weighted by Gasteiger charge is 2.10. The van der Waals surface area contributed by atoms with Crippen LogP contribution in [0.1, 0.15) is 13.8 Å². The smallest absolute Gasteiger partial charge is 0.0589 e. The molecule has 4 heteroatoms. The van der Waals surface area contributed by atoms with Crippen LogP contribution in [0.2, 0.25) is 0 Å². The predicted octanol–water partition coefficient (Wildman–Crippen LogP) is 0.579. The van der Waals surface area contributed by atoms with Gasteiger partial charge in [-0.2, -0.15) is 0 Å². The number of rotatable bonds is 10. The van der Waals surface area contributed by atoms with Crippen molar-refractivity contribution in [2.24, 2.45) is 0 Å². The van der Waals surface area contributed by atoms with Crippen molar-refractivity contribution in [2.75, 3.05) is 53.6 Å². The van der Waals surface area contributed by atoms with Gasteiger partial charge in [0.2, 0.25) is 0 Å². The van der Waals surface area contributed by atoms with Crippen LogP contribution >= 0.6 is 0 Å². The Labute approximate surface area is 93.9 Å². The molecule has 0 saturated carbocycles. The van der Waals surface area contributed by atoms with Gasteiger partial charge in [0.25, 0.3) is 0 Å². The first kappa shape index (κ1) is 14.8. The molecule has 0 aromatic carbocycles. The fourth-order valence-corrected chi connectivity index (χ4v) is 1.51. The van der Waals surface area contributed by atoms with Gasteiger partial charge in [-0.1, -0.05) is 6.92 Å². The molecule has 0 aliphatic carbocycles. The van der Waals surface area contributed by atoms with Crippen molar-refractivity contribution in [2.45, 2.75) is 19.9 Å². The Morgan fingerprint density at radius 1 is 1.20 bits per heavy atom. The fraction of sp³-hybridized carbons (Fsp3) is 1.00. The average molecular weight is 218 g/mol. The third-order valence-corrected chi connectivity index (χ3v) is 2.53.